The van der Waals surface area contributed by atoms with Crippen LogP contribution in [0.5, 0.6) is 0 Å². The molecule has 1 amide bonds. The van der Waals surface area contributed by atoms with Crippen molar-refractivity contribution in [1.29, 1.82) is 0 Å². The van der Waals surface area contributed by atoms with Gasteiger partial charge in [0.25, 0.3) is 0 Å². The molecule has 0 spiro atoms. The van der Waals surface area contributed by atoms with Gasteiger partial charge in [-0.2, -0.15) is 0 Å². The second-order valence-electron chi connectivity index (χ2n) is 8.17. The Morgan fingerprint density at radius 1 is 1.10 bits per heavy atom. The van der Waals surface area contributed by atoms with Crippen LogP contribution >= 0.6 is 0 Å². The monoisotopic (exact) mass is 424 g/mol. The van der Waals surface area contributed by atoms with Gasteiger partial charge in [-0.15, -0.1) is 6.58 Å². The zero-order valence-corrected chi connectivity index (χ0v) is 17.9. The van der Waals surface area contributed by atoms with Gasteiger partial charge >= 0.3 is 6.09 Å². The van der Waals surface area contributed by atoms with Gasteiger partial charge in [0.05, 0.1) is 19.3 Å². The Labute approximate surface area is 183 Å². The highest BCUT2D eigenvalue weighted by atomic mass is 19.1. The fourth-order valence-corrected chi connectivity index (χ4v) is 4.44. The predicted molar refractivity (Wildman–Crippen MR) is 119 cm³/mol. The minimum atomic E-state index is -0.803. The highest BCUT2D eigenvalue weighted by Gasteiger charge is 2.42. The average Bonchev–Trinajstić information content (AvgIpc) is 2.80. The Balaban J connectivity index is 1.48. The van der Waals surface area contributed by atoms with Crippen LogP contribution in [-0.2, 0) is 15.1 Å². The summed E-state index contributed by atoms with van der Waals surface area (Å²) in [7, 11) is 0. The van der Waals surface area contributed by atoms with Crippen molar-refractivity contribution in [3.63, 3.8) is 0 Å². The Hall–Kier alpha value is -2.86. The number of benzene rings is 2. The summed E-state index contributed by atoms with van der Waals surface area (Å²) in [6.07, 6.45) is 2.50. The quantitative estimate of drug-likeness (QED) is 0.610. The van der Waals surface area contributed by atoms with Gasteiger partial charge in [-0.05, 0) is 42.3 Å². The summed E-state index contributed by atoms with van der Waals surface area (Å²) in [5, 5.41) is 0. The first-order valence-electron chi connectivity index (χ1n) is 10.8. The van der Waals surface area contributed by atoms with Crippen LogP contribution in [0.2, 0.25) is 0 Å². The third-order valence-electron chi connectivity index (χ3n) is 6.34. The van der Waals surface area contributed by atoms with E-state index in [0.717, 1.165) is 37.4 Å². The largest absolute Gasteiger partial charge is 0.437 e. The van der Waals surface area contributed by atoms with Gasteiger partial charge in [-0.3, -0.25) is 0 Å². The van der Waals surface area contributed by atoms with E-state index in [0.29, 0.717) is 19.4 Å². The molecule has 2 aromatic carbocycles. The molecular weight excluding hydrogens is 395 g/mol. The van der Waals surface area contributed by atoms with Gasteiger partial charge in [-0.25, -0.2) is 9.18 Å². The summed E-state index contributed by atoms with van der Waals surface area (Å²) in [6.45, 7) is 9.67. The molecule has 2 heterocycles. The Bertz CT molecular complexity index is 909. The van der Waals surface area contributed by atoms with E-state index in [4.69, 9.17) is 9.47 Å². The normalized spacial score (nSPS) is 22.7. The third kappa shape index (κ3) is 4.44. The van der Waals surface area contributed by atoms with Crippen LogP contribution in [0.1, 0.15) is 36.9 Å². The summed E-state index contributed by atoms with van der Waals surface area (Å²) in [6, 6.07) is 14.4. The standard InChI is InChI=1S/C25H29FN2O3/c1-3-12-25(21-6-8-22(26)9-7-21)13-14-28(24(29)31-25)19(2)20-4-10-23(11-5-20)27-15-17-30-18-16-27/h3-11,19H,1,12-18H2,2H3/t19-,25?/m0/s1. The minimum Gasteiger partial charge on any atom is -0.437 e. The fourth-order valence-electron chi connectivity index (χ4n) is 4.44. The predicted octanol–water partition coefficient (Wildman–Crippen LogP) is 5.04. The van der Waals surface area contributed by atoms with Crippen LogP contribution in [-0.4, -0.2) is 43.8 Å². The number of carbonyl (C=O) groups is 1. The van der Waals surface area contributed by atoms with E-state index in [1.165, 1.54) is 17.8 Å². The first-order chi connectivity index (χ1) is 15.0. The van der Waals surface area contributed by atoms with Crippen molar-refractivity contribution in [3.05, 3.63) is 78.1 Å². The zero-order chi connectivity index (χ0) is 21.8. The first kappa shape index (κ1) is 21.4. The van der Waals surface area contributed by atoms with Crippen molar-refractivity contribution in [3.8, 4) is 0 Å². The van der Waals surface area contributed by atoms with Gasteiger partial charge < -0.3 is 19.3 Å². The number of hydrogen-bond donors (Lipinski definition) is 0. The molecule has 4 rings (SSSR count). The molecular formula is C25H29FN2O3. The maximum Gasteiger partial charge on any atom is 0.411 e. The maximum absolute atomic E-state index is 13.4. The molecule has 2 atom stereocenters. The fraction of sp³-hybridized carbons (Fsp3) is 0.400. The van der Waals surface area contributed by atoms with E-state index >= 15 is 0 Å². The molecule has 2 fully saturated rings. The lowest BCUT2D eigenvalue weighted by Gasteiger charge is -2.43. The van der Waals surface area contributed by atoms with Gasteiger partial charge in [0.1, 0.15) is 11.4 Å². The number of hydrogen-bond acceptors (Lipinski definition) is 4. The van der Waals surface area contributed by atoms with Crippen LogP contribution in [0, 0.1) is 5.82 Å². The Kier molecular flexibility index (Phi) is 6.28. The lowest BCUT2D eigenvalue weighted by atomic mass is 9.85. The molecule has 6 heteroatoms. The maximum atomic E-state index is 13.4. The summed E-state index contributed by atoms with van der Waals surface area (Å²) in [4.78, 5) is 17.1. The number of rotatable bonds is 6. The van der Waals surface area contributed by atoms with Crippen LogP contribution in [0.15, 0.2) is 61.2 Å². The van der Waals surface area contributed by atoms with Crippen LogP contribution < -0.4 is 4.90 Å². The van der Waals surface area contributed by atoms with E-state index in [1.807, 2.05) is 6.92 Å². The van der Waals surface area contributed by atoms with Crippen molar-refractivity contribution in [2.45, 2.75) is 31.4 Å². The number of anilines is 1. The topological polar surface area (TPSA) is 42.0 Å². The lowest BCUT2D eigenvalue weighted by Crippen LogP contribution is -2.48. The molecule has 2 aliphatic rings. The minimum absolute atomic E-state index is 0.110. The van der Waals surface area contributed by atoms with E-state index in [1.54, 1.807) is 23.1 Å². The van der Waals surface area contributed by atoms with E-state index in [9.17, 15) is 9.18 Å². The number of cyclic esters (lactones) is 1. The van der Waals surface area contributed by atoms with Gasteiger partial charge in [-0.1, -0.05) is 30.3 Å². The average molecular weight is 425 g/mol. The number of carbonyl (C=O) groups excluding carboxylic acids is 1. The highest BCUT2D eigenvalue weighted by molar-refractivity contribution is 5.70. The zero-order valence-electron chi connectivity index (χ0n) is 17.9. The van der Waals surface area contributed by atoms with Gasteiger partial charge in [0.2, 0.25) is 0 Å². The van der Waals surface area contributed by atoms with Crippen molar-refractivity contribution in [1.82, 2.24) is 4.90 Å². The van der Waals surface area contributed by atoms with E-state index in [2.05, 4.69) is 35.7 Å². The molecule has 0 bridgehead atoms. The summed E-state index contributed by atoms with van der Waals surface area (Å²) < 4.78 is 24.8. The molecule has 0 N–H and O–H groups in total. The number of amides is 1. The smallest absolute Gasteiger partial charge is 0.411 e. The molecule has 0 aromatic heterocycles. The third-order valence-corrected chi connectivity index (χ3v) is 6.34. The second-order valence-corrected chi connectivity index (χ2v) is 8.17. The number of nitrogens with zero attached hydrogens (tertiary/aromatic N) is 2. The molecule has 0 radical (unpaired) electrons. The molecule has 164 valence electrons. The second kappa shape index (κ2) is 9.10. The summed E-state index contributed by atoms with van der Waals surface area (Å²) in [5.41, 5.74) is 2.22. The molecule has 0 aliphatic carbocycles. The number of morpholine rings is 1. The van der Waals surface area contributed by atoms with Crippen LogP contribution in [0.4, 0.5) is 14.9 Å². The molecule has 1 unspecified atom stereocenters. The molecule has 0 saturated carbocycles. The summed E-state index contributed by atoms with van der Waals surface area (Å²) >= 11 is 0. The molecule has 2 aliphatic heterocycles. The molecule has 2 saturated heterocycles. The van der Waals surface area contributed by atoms with Crippen molar-refractivity contribution in [2.75, 3.05) is 37.7 Å². The lowest BCUT2D eigenvalue weighted by molar-refractivity contribution is -0.0588. The Morgan fingerprint density at radius 2 is 1.77 bits per heavy atom. The first-order valence-corrected chi connectivity index (χ1v) is 10.8. The number of ether oxygens (including phenoxy) is 2. The van der Waals surface area contributed by atoms with Crippen LogP contribution in [0.3, 0.4) is 0 Å². The molecule has 5 nitrogen and oxygen atoms in total. The van der Waals surface area contributed by atoms with Crippen LogP contribution in [0.25, 0.3) is 0 Å². The van der Waals surface area contributed by atoms with E-state index in [-0.39, 0.29) is 18.0 Å². The van der Waals surface area contributed by atoms with E-state index < -0.39 is 5.60 Å². The number of halogens is 1. The van der Waals surface area contributed by atoms with Crippen molar-refractivity contribution >= 4 is 11.8 Å². The molecule has 2 aromatic rings. The van der Waals surface area contributed by atoms with Crippen molar-refractivity contribution < 1.29 is 18.7 Å². The highest BCUT2D eigenvalue weighted by Crippen LogP contribution is 2.40. The summed E-state index contributed by atoms with van der Waals surface area (Å²) in [5.74, 6) is -0.310. The molecule has 31 heavy (non-hydrogen) atoms. The Morgan fingerprint density at radius 3 is 2.39 bits per heavy atom. The van der Waals surface area contributed by atoms with Gasteiger partial charge in [0.15, 0.2) is 0 Å². The SMILES string of the molecule is C=CCC1(c2ccc(F)cc2)CCN([C@@H](C)c2ccc(N3CCOCC3)cc2)C(=O)O1. The van der Waals surface area contributed by atoms with Gasteiger partial charge in [0, 0.05) is 38.2 Å². The van der Waals surface area contributed by atoms with Crippen molar-refractivity contribution in [2.24, 2.45) is 0 Å².